The minimum Gasteiger partial charge on any atom is -0.370 e. The number of carbonyl (C=O) groups excluding carboxylic acids is 2. The van der Waals surface area contributed by atoms with Gasteiger partial charge in [0.2, 0.25) is 0 Å². The zero-order valence-electron chi connectivity index (χ0n) is 15.2. The van der Waals surface area contributed by atoms with Crippen LogP contribution < -0.4 is 15.5 Å². The van der Waals surface area contributed by atoms with E-state index in [2.05, 4.69) is 37.9 Å². The second-order valence-electron chi connectivity index (χ2n) is 6.21. The Morgan fingerprint density at radius 2 is 1.67 bits per heavy atom. The van der Waals surface area contributed by atoms with Gasteiger partial charge in [0.05, 0.1) is 17.6 Å². The second kappa shape index (κ2) is 8.18. The van der Waals surface area contributed by atoms with E-state index < -0.39 is 11.8 Å². The van der Waals surface area contributed by atoms with Crippen molar-refractivity contribution in [2.24, 2.45) is 0 Å². The van der Waals surface area contributed by atoms with Crippen molar-refractivity contribution in [3.8, 4) is 0 Å². The molecule has 3 N–H and O–H groups in total. The average molecular weight is 363 g/mol. The van der Waals surface area contributed by atoms with E-state index >= 15 is 0 Å². The summed E-state index contributed by atoms with van der Waals surface area (Å²) in [6, 6.07) is 17.5. The van der Waals surface area contributed by atoms with Gasteiger partial charge < -0.3 is 15.5 Å². The molecule has 1 heterocycles. The first-order valence-corrected chi connectivity index (χ1v) is 8.50. The quantitative estimate of drug-likeness (QED) is 0.608. The van der Waals surface area contributed by atoms with Crippen LogP contribution in [0.2, 0.25) is 0 Å². The SMILES string of the molecule is Cc1[nH]ncc1NC(=O)C(=O)Nc1ccc(N(C)Cc2ccccc2)cc1. The van der Waals surface area contributed by atoms with Crippen LogP contribution in [0.4, 0.5) is 17.1 Å². The van der Waals surface area contributed by atoms with Crippen molar-refractivity contribution in [3.63, 3.8) is 0 Å². The number of hydrogen-bond donors (Lipinski definition) is 3. The van der Waals surface area contributed by atoms with Crippen LogP contribution in [0, 0.1) is 6.92 Å². The summed E-state index contributed by atoms with van der Waals surface area (Å²) < 4.78 is 0. The van der Waals surface area contributed by atoms with E-state index in [1.165, 1.54) is 11.8 Å². The monoisotopic (exact) mass is 363 g/mol. The van der Waals surface area contributed by atoms with Crippen LogP contribution >= 0.6 is 0 Å². The summed E-state index contributed by atoms with van der Waals surface area (Å²) in [7, 11) is 2.00. The predicted molar refractivity (Wildman–Crippen MR) is 106 cm³/mol. The first-order valence-electron chi connectivity index (χ1n) is 8.50. The molecule has 0 aliphatic rings. The van der Waals surface area contributed by atoms with Gasteiger partial charge in [-0.3, -0.25) is 14.7 Å². The van der Waals surface area contributed by atoms with Crippen LogP contribution in [0.15, 0.2) is 60.8 Å². The number of nitrogens with zero attached hydrogens (tertiary/aromatic N) is 2. The molecule has 27 heavy (non-hydrogen) atoms. The van der Waals surface area contributed by atoms with Crippen LogP contribution in [0.1, 0.15) is 11.3 Å². The third-order valence-electron chi connectivity index (χ3n) is 4.11. The fourth-order valence-corrected chi connectivity index (χ4v) is 2.59. The number of anilines is 3. The lowest BCUT2D eigenvalue weighted by Crippen LogP contribution is -2.29. The molecule has 0 saturated heterocycles. The van der Waals surface area contributed by atoms with E-state index in [9.17, 15) is 9.59 Å². The zero-order valence-corrected chi connectivity index (χ0v) is 15.2. The Bertz CT molecular complexity index is 919. The van der Waals surface area contributed by atoms with Crippen molar-refractivity contribution in [1.82, 2.24) is 10.2 Å². The zero-order chi connectivity index (χ0) is 19.2. The number of carbonyl (C=O) groups is 2. The van der Waals surface area contributed by atoms with Gasteiger partial charge in [0.15, 0.2) is 0 Å². The number of H-pyrrole nitrogens is 1. The van der Waals surface area contributed by atoms with Gasteiger partial charge in [-0.2, -0.15) is 5.10 Å². The molecule has 138 valence electrons. The molecule has 0 bridgehead atoms. The van der Waals surface area contributed by atoms with Crippen LogP contribution in [-0.4, -0.2) is 29.1 Å². The van der Waals surface area contributed by atoms with E-state index in [0.717, 1.165) is 12.2 Å². The molecular weight excluding hydrogens is 342 g/mol. The fourth-order valence-electron chi connectivity index (χ4n) is 2.59. The molecule has 0 radical (unpaired) electrons. The third kappa shape index (κ3) is 4.72. The Labute approximate surface area is 157 Å². The fraction of sp³-hybridized carbons (Fsp3) is 0.150. The Balaban J connectivity index is 1.57. The van der Waals surface area contributed by atoms with Gasteiger partial charge >= 0.3 is 11.8 Å². The summed E-state index contributed by atoms with van der Waals surface area (Å²) in [6.07, 6.45) is 1.46. The molecule has 0 aliphatic carbocycles. The average Bonchev–Trinajstić information content (AvgIpc) is 3.07. The smallest absolute Gasteiger partial charge is 0.314 e. The Morgan fingerprint density at radius 3 is 2.30 bits per heavy atom. The van der Waals surface area contributed by atoms with Gasteiger partial charge in [-0.15, -0.1) is 0 Å². The summed E-state index contributed by atoms with van der Waals surface area (Å²) >= 11 is 0. The maximum Gasteiger partial charge on any atom is 0.314 e. The minimum atomic E-state index is -0.746. The summed E-state index contributed by atoms with van der Waals surface area (Å²) in [4.78, 5) is 26.1. The number of aryl methyl sites for hydroxylation is 1. The minimum absolute atomic E-state index is 0.480. The van der Waals surface area contributed by atoms with Crippen molar-refractivity contribution in [3.05, 3.63) is 72.1 Å². The lowest BCUT2D eigenvalue weighted by atomic mass is 10.2. The summed E-state index contributed by atoms with van der Waals surface area (Å²) in [5.74, 6) is -1.48. The van der Waals surface area contributed by atoms with Crippen molar-refractivity contribution in [1.29, 1.82) is 0 Å². The normalized spacial score (nSPS) is 10.3. The number of nitrogens with one attached hydrogen (secondary N) is 3. The highest BCUT2D eigenvalue weighted by molar-refractivity contribution is 6.43. The summed E-state index contributed by atoms with van der Waals surface area (Å²) in [5.41, 5.74) is 3.94. The third-order valence-corrected chi connectivity index (χ3v) is 4.11. The Kier molecular flexibility index (Phi) is 5.51. The molecule has 0 saturated carbocycles. The van der Waals surface area contributed by atoms with E-state index in [4.69, 9.17) is 0 Å². The highest BCUT2D eigenvalue weighted by Crippen LogP contribution is 2.19. The maximum absolute atomic E-state index is 12.0. The highest BCUT2D eigenvalue weighted by Gasteiger charge is 2.15. The molecule has 2 aromatic carbocycles. The van der Waals surface area contributed by atoms with E-state index in [0.29, 0.717) is 17.1 Å². The van der Waals surface area contributed by atoms with Gasteiger partial charge in [0.25, 0.3) is 0 Å². The van der Waals surface area contributed by atoms with Crippen LogP contribution in [-0.2, 0) is 16.1 Å². The highest BCUT2D eigenvalue weighted by atomic mass is 16.2. The number of aromatic nitrogens is 2. The number of benzene rings is 2. The summed E-state index contributed by atoms with van der Waals surface area (Å²) in [6.45, 7) is 2.53. The second-order valence-corrected chi connectivity index (χ2v) is 6.21. The molecule has 0 spiro atoms. The van der Waals surface area contributed by atoms with E-state index in [-0.39, 0.29) is 0 Å². The molecule has 3 aromatic rings. The number of aromatic amines is 1. The van der Waals surface area contributed by atoms with Crippen LogP contribution in [0.25, 0.3) is 0 Å². The molecule has 1 aromatic heterocycles. The van der Waals surface area contributed by atoms with Gasteiger partial charge in [-0.05, 0) is 36.8 Å². The standard InChI is InChI=1S/C20H21N5O2/c1-14-18(12-21-24-14)23-20(27)19(26)22-16-8-10-17(11-9-16)25(2)13-15-6-4-3-5-7-15/h3-12H,13H2,1-2H3,(H,21,24)(H,22,26)(H,23,27). The molecular formula is C20H21N5O2. The topological polar surface area (TPSA) is 90.1 Å². The molecule has 7 nitrogen and oxygen atoms in total. The number of hydrogen-bond acceptors (Lipinski definition) is 4. The van der Waals surface area contributed by atoms with Crippen molar-refractivity contribution in [2.75, 3.05) is 22.6 Å². The Morgan fingerprint density at radius 1 is 1.00 bits per heavy atom. The van der Waals surface area contributed by atoms with Gasteiger partial charge in [-0.25, -0.2) is 0 Å². The van der Waals surface area contributed by atoms with Gasteiger partial charge in [0.1, 0.15) is 0 Å². The molecule has 2 amide bonds. The maximum atomic E-state index is 12.0. The summed E-state index contributed by atoms with van der Waals surface area (Å²) in [5, 5.41) is 11.6. The molecule has 0 aliphatic heterocycles. The largest absolute Gasteiger partial charge is 0.370 e. The molecule has 0 fully saturated rings. The first-order chi connectivity index (χ1) is 13.0. The van der Waals surface area contributed by atoms with Crippen molar-refractivity contribution >= 4 is 28.9 Å². The molecule has 0 atom stereocenters. The Hall–Kier alpha value is -3.61. The lowest BCUT2D eigenvalue weighted by Gasteiger charge is -2.19. The van der Waals surface area contributed by atoms with E-state index in [1.807, 2.05) is 37.4 Å². The van der Waals surface area contributed by atoms with Crippen LogP contribution in [0.3, 0.4) is 0 Å². The predicted octanol–water partition coefficient (Wildman–Crippen LogP) is 2.93. The van der Waals surface area contributed by atoms with Crippen molar-refractivity contribution in [2.45, 2.75) is 13.5 Å². The van der Waals surface area contributed by atoms with Crippen LogP contribution in [0.5, 0.6) is 0 Å². The number of rotatable bonds is 5. The van der Waals surface area contributed by atoms with Gasteiger partial charge in [-0.1, -0.05) is 30.3 Å². The number of amides is 2. The molecule has 3 rings (SSSR count). The molecule has 7 heteroatoms. The lowest BCUT2D eigenvalue weighted by molar-refractivity contribution is -0.133. The first kappa shape index (κ1) is 18.2. The van der Waals surface area contributed by atoms with E-state index in [1.54, 1.807) is 19.1 Å². The molecule has 0 unspecified atom stereocenters. The van der Waals surface area contributed by atoms with Crippen molar-refractivity contribution < 1.29 is 9.59 Å². The van der Waals surface area contributed by atoms with Gasteiger partial charge in [0, 0.05) is 25.0 Å².